The molecule has 2 amide bonds. The topological polar surface area (TPSA) is 75.4 Å². The minimum Gasteiger partial charge on any atom is -0.369 e. The largest absolute Gasteiger partial charge is 0.369 e. The molecule has 3 rings (SSSR count). The Hall–Kier alpha value is -2.37. The zero-order valence-corrected chi connectivity index (χ0v) is 16.1. The highest BCUT2D eigenvalue weighted by molar-refractivity contribution is 6.31. The van der Waals surface area contributed by atoms with Gasteiger partial charge in [-0.05, 0) is 74.3 Å². The normalized spacial score (nSPS) is 15.5. The number of nitrogens with two attached hydrogens (primary N) is 1. The minimum atomic E-state index is -0.194. The molecule has 0 bridgehead atoms. The number of nitrogens with one attached hydrogen (secondary N) is 1. The molecule has 5 nitrogen and oxygen atoms in total. The maximum Gasteiger partial charge on any atom is 0.255 e. The minimum absolute atomic E-state index is 0.00354. The molecule has 2 aromatic rings. The van der Waals surface area contributed by atoms with Crippen LogP contribution in [0.1, 0.15) is 34.3 Å². The van der Waals surface area contributed by atoms with Gasteiger partial charge in [-0.15, -0.1) is 0 Å². The molecule has 0 aliphatic carbocycles. The molecule has 1 heterocycles. The number of hydrogen-bond acceptors (Lipinski definition) is 3. The van der Waals surface area contributed by atoms with Crippen molar-refractivity contribution >= 4 is 29.1 Å². The molecule has 0 spiro atoms. The van der Waals surface area contributed by atoms with Gasteiger partial charge in [0.05, 0.1) is 0 Å². The third-order valence-electron chi connectivity index (χ3n) is 5.03. The molecule has 1 saturated heterocycles. The Kier molecular flexibility index (Phi) is 6.14. The molecular formula is C21H24ClN3O2. The van der Waals surface area contributed by atoms with E-state index in [9.17, 15) is 9.59 Å². The summed E-state index contributed by atoms with van der Waals surface area (Å²) in [6.07, 6.45) is 1.63. The fraction of sp³-hybridized carbons (Fsp3) is 0.333. The smallest absolute Gasteiger partial charge is 0.255 e. The molecule has 1 fully saturated rings. The number of carbonyl (C=O) groups is 2. The average molecular weight is 386 g/mol. The van der Waals surface area contributed by atoms with Crippen LogP contribution in [0.5, 0.6) is 0 Å². The van der Waals surface area contributed by atoms with Gasteiger partial charge in [0.2, 0.25) is 5.91 Å². The van der Waals surface area contributed by atoms with Crippen molar-refractivity contribution in [3.63, 3.8) is 0 Å². The van der Waals surface area contributed by atoms with Crippen LogP contribution in [-0.2, 0) is 11.3 Å². The molecule has 0 radical (unpaired) electrons. The third-order valence-corrected chi connectivity index (χ3v) is 5.45. The first-order valence-electron chi connectivity index (χ1n) is 9.10. The monoisotopic (exact) mass is 385 g/mol. The number of carbonyl (C=O) groups excluding carboxylic acids is 2. The molecule has 0 aromatic heterocycles. The van der Waals surface area contributed by atoms with Crippen molar-refractivity contribution in [3.8, 4) is 0 Å². The molecule has 0 saturated carbocycles. The number of benzene rings is 2. The average Bonchev–Trinajstić information content (AvgIpc) is 2.66. The summed E-state index contributed by atoms with van der Waals surface area (Å²) < 4.78 is 0. The van der Waals surface area contributed by atoms with Gasteiger partial charge in [-0.1, -0.05) is 23.7 Å². The first kappa shape index (κ1) is 19.4. The molecule has 1 aliphatic rings. The van der Waals surface area contributed by atoms with Crippen molar-refractivity contribution in [1.82, 2.24) is 4.90 Å². The van der Waals surface area contributed by atoms with Crippen molar-refractivity contribution in [2.75, 3.05) is 18.4 Å². The lowest BCUT2D eigenvalue weighted by Gasteiger charge is -2.30. The number of amides is 2. The van der Waals surface area contributed by atoms with E-state index >= 15 is 0 Å². The van der Waals surface area contributed by atoms with E-state index in [4.69, 9.17) is 17.3 Å². The maximum atomic E-state index is 12.4. The van der Waals surface area contributed by atoms with Gasteiger partial charge in [-0.2, -0.15) is 0 Å². The van der Waals surface area contributed by atoms with E-state index in [2.05, 4.69) is 10.2 Å². The maximum absolute atomic E-state index is 12.4. The Balaban J connectivity index is 1.56. The van der Waals surface area contributed by atoms with Crippen LogP contribution < -0.4 is 11.1 Å². The van der Waals surface area contributed by atoms with Gasteiger partial charge in [-0.3, -0.25) is 14.5 Å². The quantitative estimate of drug-likeness (QED) is 0.825. The lowest BCUT2D eigenvalue weighted by atomic mass is 9.96. The molecule has 0 atom stereocenters. The highest BCUT2D eigenvalue weighted by Crippen LogP contribution is 2.21. The summed E-state index contributed by atoms with van der Waals surface area (Å²) in [5.41, 5.74) is 8.78. The Morgan fingerprint density at radius 2 is 1.81 bits per heavy atom. The van der Waals surface area contributed by atoms with E-state index in [0.29, 0.717) is 10.6 Å². The fourth-order valence-electron chi connectivity index (χ4n) is 3.32. The number of nitrogens with zero attached hydrogens (tertiary/aromatic N) is 1. The van der Waals surface area contributed by atoms with Gasteiger partial charge in [0.1, 0.15) is 0 Å². The van der Waals surface area contributed by atoms with E-state index in [0.717, 1.165) is 49.3 Å². The lowest BCUT2D eigenvalue weighted by Crippen LogP contribution is -2.38. The van der Waals surface area contributed by atoms with Crippen molar-refractivity contribution in [2.45, 2.75) is 26.3 Å². The second-order valence-electron chi connectivity index (χ2n) is 7.07. The summed E-state index contributed by atoms with van der Waals surface area (Å²) in [4.78, 5) is 26.0. The summed E-state index contributed by atoms with van der Waals surface area (Å²) >= 11 is 6.02. The van der Waals surface area contributed by atoms with E-state index in [1.54, 1.807) is 12.1 Å². The second kappa shape index (κ2) is 8.55. The van der Waals surface area contributed by atoms with Crippen LogP contribution in [0.3, 0.4) is 0 Å². The van der Waals surface area contributed by atoms with Crippen molar-refractivity contribution in [1.29, 1.82) is 0 Å². The van der Waals surface area contributed by atoms with Crippen LogP contribution in [-0.4, -0.2) is 29.8 Å². The van der Waals surface area contributed by atoms with Crippen molar-refractivity contribution < 1.29 is 9.59 Å². The number of primary amides is 1. The van der Waals surface area contributed by atoms with Gasteiger partial charge in [-0.25, -0.2) is 0 Å². The van der Waals surface area contributed by atoms with Gasteiger partial charge < -0.3 is 11.1 Å². The number of likely N-dealkylation sites (tertiary alicyclic amines) is 1. The Bertz CT molecular complexity index is 828. The van der Waals surface area contributed by atoms with E-state index < -0.39 is 0 Å². The van der Waals surface area contributed by atoms with Crippen LogP contribution in [0.15, 0.2) is 42.5 Å². The van der Waals surface area contributed by atoms with Gasteiger partial charge in [0.25, 0.3) is 5.91 Å². The SMILES string of the molecule is Cc1cc(NC(=O)c2ccc(CN3CCC(C(N)=O)CC3)cc2)ccc1Cl. The Morgan fingerprint density at radius 1 is 1.15 bits per heavy atom. The highest BCUT2D eigenvalue weighted by atomic mass is 35.5. The number of piperidine rings is 1. The van der Waals surface area contributed by atoms with Crippen molar-refractivity contribution in [3.05, 3.63) is 64.2 Å². The first-order valence-corrected chi connectivity index (χ1v) is 9.48. The molecule has 27 heavy (non-hydrogen) atoms. The molecule has 2 aromatic carbocycles. The molecule has 6 heteroatoms. The Morgan fingerprint density at radius 3 is 2.41 bits per heavy atom. The van der Waals surface area contributed by atoms with Crippen LogP contribution >= 0.6 is 11.6 Å². The zero-order chi connectivity index (χ0) is 19.4. The number of halogens is 1. The molecule has 3 N–H and O–H groups in total. The summed E-state index contributed by atoms with van der Waals surface area (Å²) in [5.74, 6) is -0.338. The summed E-state index contributed by atoms with van der Waals surface area (Å²) in [6, 6.07) is 13.0. The summed E-state index contributed by atoms with van der Waals surface area (Å²) in [7, 11) is 0. The van der Waals surface area contributed by atoms with Crippen molar-refractivity contribution in [2.24, 2.45) is 11.7 Å². The molecule has 1 aliphatic heterocycles. The zero-order valence-electron chi connectivity index (χ0n) is 15.4. The van der Waals surface area contributed by atoms with Gasteiger partial charge >= 0.3 is 0 Å². The number of hydrogen-bond donors (Lipinski definition) is 2. The highest BCUT2D eigenvalue weighted by Gasteiger charge is 2.22. The standard InChI is InChI=1S/C21H24ClN3O2/c1-14-12-18(6-7-19(14)22)24-21(27)17-4-2-15(3-5-17)13-25-10-8-16(9-11-25)20(23)26/h2-7,12,16H,8-11,13H2,1H3,(H2,23,26)(H,24,27). The molecule has 142 valence electrons. The lowest BCUT2D eigenvalue weighted by molar-refractivity contribution is -0.123. The number of rotatable bonds is 5. The predicted octanol–water partition coefficient (Wildman–Crippen LogP) is 3.60. The Labute approximate surface area is 164 Å². The fourth-order valence-corrected chi connectivity index (χ4v) is 3.44. The summed E-state index contributed by atoms with van der Waals surface area (Å²) in [6.45, 7) is 4.44. The first-order chi connectivity index (χ1) is 12.9. The van der Waals surface area contributed by atoms with E-state index in [1.807, 2.05) is 37.3 Å². The predicted molar refractivity (Wildman–Crippen MR) is 108 cm³/mol. The van der Waals surface area contributed by atoms with E-state index in [1.165, 1.54) is 0 Å². The van der Waals surface area contributed by atoms with E-state index in [-0.39, 0.29) is 17.7 Å². The van der Waals surface area contributed by atoms with Gasteiger partial charge in [0.15, 0.2) is 0 Å². The molecule has 0 unspecified atom stereocenters. The van der Waals surface area contributed by atoms with Crippen LogP contribution in [0.2, 0.25) is 5.02 Å². The summed E-state index contributed by atoms with van der Waals surface area (Å²) in [5, 5.41) is 3.57. The van der Waals surface area contributed by atoms with Crippen LogP contribution in [0.4, 0.5) is 5.69 Å². The second-order valence-corrected chi connectivity index (χ2v) is 7.48. The van der Waals surface area contributed by atoms with Crippen LogP contribution in [0, 0.1) is 12.8 Å². The van der Waals surface area contributed by atoms with Crippen LogP contribution in [0.25, 0.3) is 0 Å². The third kappa shape index (κ3) is 5.08. The van der Waals surface area contributed by atoms with Gasteiger partial charge in [0, 0.05) is 28.7 Å². The molecular weight excluding hydrogens is 362 g/mol. The number of aryl methyl sites for hydroxylation is 1. The number of anilines is 1.